The lowest BCUT2D eigenvalue weighted by molar-refractivity contribution is -0.274. The minimum atomic E-state index is -4.75. The standard InChI is InChI=1S/C16H17F3N4O3S/c1-21-27(24,25)14-8-2-11(3-9-14)10-22-15(20)23-12-4-6-13(7-5-12)26-16(17,18)19/h2-9,21H,10H2,1H3,(H3,20,22,23). The predicted molar refractivity (Wildman–Crippen MR) is 94.8 cm³/mol. The molecule has 0 aromatic heterocycles. The van der Waals surface area contributed by atoms with Crippen molar-refractivity contribution < 1.29 is 26.3 Å². The summed E-state index contributed by atoms with van der Waals surface area (Å²) in [6.07, 6.45) is -4.75. The summed E-state index contributed by atoms with van der Waals surface area (Å²) in [5.74, 6) is -0.299. The van der Waals surface area contributed by atoms with Crippen LogP contribution in [0.4, 0.5) is 18.9 Å². The van der Waals surface area contributed by atoms with Gasteiger partial charge in [-0.1, -0.05) is 12.1 Å². The number of benzene rings is 2. The van der Waals surface area contributed by atoms with Gasteiger partial charge < -0.3 is 15.8 Å². The summed E-state index contributed by atoms with van der Waals surface area (Å²) < 4.78 is 65.6. The van der Waals surface area contributed by atoms with Crippen LogP contribution in [0.25, 0.3) is 0 Å². The molecule has 11 heteroatoms. The van der Waals surface area contributed by atoms with Crippen LogP contribution in [0.2, 0.25) is 0 Å². The molecule has 0 fully saturated rings. The number of hydrogen-bond donors (Lipinski definition) is 3. The number of anilines is 1. The number of alkyl halides is 3. The Labute approximate surface area is 154 Å². The van der Waals surface area contributed by atoms with E-state index in [0.717, 1.165) is 17.7 Å². The van der Waals surface area contributed by atoms with E-state index in [-0.39, 0.29) is 23.1 Å². The monoisotopic (exact) mass is 402 g/mol. The van der Waals surface area contributed by atoms with E-state index >= 15 is 0 Å². The summed E-state index contributed by atoms with van der Waals surface area (Å²) in [5, 5.41) is 2.73. The van der Waals surface area contributed by atoms with Crippen molar-refractivity contribution in [2.45, 2.75) is 17.8 Å². The van der Waals surface area contributed by atoms with Crippen molar-refractivity contribution in [2.24, 2.45) is 10.7 Å². The quantitative estimate of drug-likeness (QED) is 0.508. The van der Waals surface area contributed by atoms with Gasteiger partial charge in [-0.2, -0.15) is 0 Å². The Bertz CT molecular complexity index is 896. The van der Waals surface area contributed by atoms with Crippen molar-refractivity contribution >= 4 is 21.7 Å². The summed E-state index contributed by atoms with van der Waals surface area (Å²) in [5.41, 5.74) is 6.89. The molecule has 0 atom stereocenters. The Balaban J connectivity index is 1.96. The van der Waals surface area contributed by atoms with Crippen LogP contribution in [0.5, 0.6) is 5.75 Å². The second-order valence-corrected chi connectivity index (χ2v) is 7.14. The highest BCUT2D eigenvalue weighted by molar-refractivity contribution is 7.89. The molecule has 0 unspecified atom stereocenters. The molecule has 2 aromatic rings. The van der Waals surface area contributed by atoms with Crippen LogP contribution in [0.3, 0.4) is 0 Å². The van der Waals surface area contributed by atoms with E-state index in [1.807, 2.05) is 0 Å². The van der Waals surface area contributed by atoms with Gasteiger partial charge in [-0.25, -0.2) is 18.1 Å². The summed E-state index contributed by atoms with van der Waals surface area (Å²) in [4.78, 5) is 4.22. The van der Waals surface area contributed by atoms with Crippen LogP contribution in [-0.2, 0) is 16.6 Å². The van der Waals surface area contributed by atoms with E-state index in [2.05, 4.69) is 19.8 Å². The highest BCUT2D eigenvalue weighted by atomic mass is 32.2. The van der Waals surface area contributed by atoms with Crippen molar-refractivity contribution in [2.75, 3.05) is 12.4 Å². The van der Waals surface area contributed by atoms with Crippen LogP contribution in [0.1, 0.15) is 5.56 Å². The molecule has 0 heterocycles. The van der Waals surface area contributed by atoms with E-state index in [4.69, 9.17) is 5.73 Å². The Morgan fingerprint density at radius 3 is 2.22 bits per heavy atom. The molecule has 27 heavy (non-hydrogen) atoms. The predicted octanol–water partition coefficient (Wildman–Crippen LogP) is 2.42. The molecular formula is C16H17F3N4O3S. The lowest BCUT2D eigenvalue weighted by Gasteiger charge is -2.10. The van der Waals surface area contributed by atoms with Crippen LogP contribution < -0.4 is 20.5 Å². The maximum atomic E-state index is 12.1. The van der Waals surface area contributed by atoms with Gasteiger partial charge in [0.1, 0.15) is 5.75 Å². The van der Waals surface area contributed by atoms with Gasteiger partial charge >= 0.3 is 6.36 Å². The van der Waals surface area contributed by atoms with E-state index in [1.165, 1.54) is 31.3 Å². The summed E-state index contributed by atoms with van der Waals surface area (Å²) in [6.45, 7) is 0.188. The Morgan fingerprint density at radius 2 is 1.70 bits per heavy atom. The number of aliphatic imine (C=N–C) groups is 1. The first-order chi connectivity index (χ1) is 12.6. The highest BCUT2D eigenvalue weighted by Gasteiger charge is 2.30. The molecule has 0 spiro atoms. The van der Waals surface area contributed by atoms with Gasteiger partial charge in [0.2, 0.25) is 10.0 Å². The van der Waals surface area contributed by atoms with Gasteiger partial charge in [-0.15, -0.1) is 13.2 Å². The normalized spacial score (nSPS) is 12.7. The van der Waals surface area contributed by atoms with Gasteiger partial charge in [0.25, 0.3) is 0 Å². The zero-order valence-electron chi connectivity index (χ0n) is 14.1. The first-order valence-electron chi connectivity index (χ1n) is 7.54. The minimum absolute atomic E-state index is 0.0476. The van der Waals surface area contributed by atoms with Crippen molar-refractivity contribution in [3.05, 3.63) is 54.1 Å². The van der Waals surface area contributed by atoms with Gasteiger partial charge in [-0.05, 0) is 49.0 Å². The zero-order chi connectivity index (χ0) is 20.1. The largest absolute Gasteiger partial charge is 0.573 e. The maximum Gasteiger partial charge on any atom is 0.573 e. The number of nitrogens with one attached hydrogen (secondary N) is 2. The van der Waals surface area contributed by atoms with Crippen molar-refractivity contribution in [1.29, 1.82) is 0 Å². The van der Waals surface area contributed by atoms with E-state index in [0.29, 0.717) is 5.69 Å². The fourth-order valence-corrected chi connectivity index (χ4v) is 2.73. The zero-order valence-corrected chi connectivity index (χ0v) is 14.9. The molecular weight excluding hydrogens is 385 g/mol. The molecule has 0 saturated carbocycles. The minimum Gasteiger partial charge on any atom is -0.406 e. The fourth-order valence-electron chi connectivity index (χ4n) is 2.00. The van der Waals surface area contributed by atoms with Crippen molar-refractivity contribution in [3.63, 3.8) is 0 Å². The average Bonchev–Trinajstić information content (AvgIpc) is 2.61. The van der Waals surface area contributed by atoms with E-state index in [1.54, 1.807) is 12.1 Å². The number of guanidine groups is 1. The van der Waals surface area contributed by atoms with E-state index in [9.17, 15) is 21.6 Å². The maximum absolute atomic E-state index is 12.1. The molecule has 0 radical (unpaired) electrons. The van der Waals surface area contributed by atoms with E-state index < -0.39 is 16.4 Å². The van der Waals surface area contributed by atoms with Crippen LogP contribution >= 0.6 is 0 Å². The number of sulfonamides is 1. The summed E-state index contributed by atoms with van der Waals surface area (Å²) in [7, 11) is -2.18. The first-order valence-corrected chi connectivity index (χ1v) is 9.02. The number of nitrogens with two attached hydrogens (primary N) is 1. The van der Waals surface area contributed by atoms with Gasteiger partial charge in [0.05, 0.1) is 11.4 Å². The number of halogens is 3. The third kappa shape index (κ3) is 6.46. The number of ether oxygens (including phenoxy) is 1. The smallest absolute Gasteiger partial charge is 0.406 e. The van der Waals surface area contributed by atoms with Crippen molar-refractivity contribution in [3.8, 4) is 5.75 Å². The van der Waals surface area contributed by atoms with Crippen LogP contribution in [0, 0.1) is 0 Å². The van der Waals surface area contributed by atoms with Crippen LogP contribution in [-0.4, -0.2) is 27.8 Å². The first kappa shape index (κ1) is 20.5. The third-order valence-corrected chi connectivity index (χ3v) is 4.72. The fraction of sp³-hybridized carbons (Fsp3) is 0.188. The second-order valence-electron chi connectivity index (χ2n) is 5.25. The SMILES string of the molecule is CNS(=O)(=O)c1ccc(CN=C(N)Nc2ccc(OC(F)(F)F)cc2)cc1. The topological polar surface area (TPSA) is 106 Å². The summed E-state index contributed by atoms with van der Waals surface area (Å²) in [6, 6.07) is 11.1. The molecule has 0 aliphatic rings. The van der Waals surface area contributed by atoms with Gasteiger partial charge in [0.15, 0.2) is 5.96 Å². The number of hydrogen-bond acceptors (Lipinski definition) is 4. The molecule has 0 saturated heterocycles. The number of rotatable bonds is 6. The Morgan fingerprint density at radius 1 is 1.11 bits per heavy atom. The Hall–Kier alpha value is -2.79. The molecule has 4 N–H and O–H groups in total. The summed E-state index contributed by atoms with van der Waals surface area (Å²) >= 11 is 0. The molecule has 2 aromatic carbocycles. The highest BCUT2D eigenvalue weighted by Crippen LogP contribution is 2.23. The van der Waals surface area contributed by atoms with Crippen molar-refractivity contribution in [1.82, 2.24) is 4.72 Å². The van der Waals surface area contributed by atoms with Gasteiger partial charge in [-0.3, -0.25) is 0 Å². The average molecular weight is 402 g/mol. The lowest BCUT2D eigenvalue weighted by atomic mass is 10.2. The molecule has 0 bridgehead atoms. The Kier molecular flexibility index (Phi) is 6.28. The molecule has 146 valence electrons. The lowest BCUT2D eigenvalue weighted by Crippen LogP contribution is -2.22. The van der Waals surface area contributed by atoms with Crippen LogP contribution in [0.15, 0.2) is 58.4 Å². The second kappa shape index (κ2) is 8.27. The molecule has 2 rings (SSSR count). The molecule has 7 nitrogen and oxygen atoms in total. The molecule has 0 aliphatic carbocycles. The molecule has 0 aliphatic heterocycles. The molecule has 0 amide bonds. The third-order valence-electron chi connectivity index (χ3n) is 3.29. The number of nitrogens with zero attached hydrogens (tertiary/aromatic N) is 1. The van der Waals surface area contributed by atoms with Gasteiger partial charge in [0, 0.05) is 5.69 Å².